The number of aryl methyl sites for hydroxylation is 1. The van der Waals surface area contributed by atoms with Crippen LogP contribution in [0.5, 0.6) is 5.75 Å². The van der Waals surface area contributed by atoms with Crippen LogP contribution in [-0.2, 0) is 17.8 Å². The lowest BCUT2D eigenvalue weighted by Crippen LogP contribution is -2.34. The van der Waals surface area contributed by atoms with E-state index in [-0.39, 0.29) is 24.1 Å². The van der Waals surface area contributed by atoms with E-state index in [1.165, 1.54) is 16.8 Å². The SMILES string of the molecule is COc1ccc(CN(C(=O)Cc2c(C)nn(-c3ccc(F)cc3F)c2C)C2CC2)cc1. The number of hydrogen-bond donors (Lipinski definition) is 0. The molecule has 0 spiro atoms. The van der Waals surface area contributed by atoms with Crippen LogP contribution in [0, 0.1) is 25.5 Å². The van der Waals surface area contributed by atoms with Gasteiger partial charge in [0, 0.05) is 29.9 Å². The van der Waals surface area contributed by atoms with Crippen LogP contribution in [0.1, 0.15) is 35.4 Å². The largest absolute Gasteiger partial charge is 0.497 e. The highest BCUT2D eigenvalue weighted by atomic mass is 19.1. The summed E-state index contributed by atoms with van der Waals surface area (Å²) >= 11 is 0. The Bertz CT molecular complexity index is 1100. The van der Waals surface area contributed by atoms with E-state index in [2.05, 4.69) is 5.10 Å². The van der Waals surface area contributed by atoms with Gasteiger partial charge in [0.1, 0.15) is 17.3 Å². The molecule has 0 radical (unpaired) electrons. The van der Waals surface area contributed by atoms with Crippen molar-refractivity contribution in [1.82, 2.24) is 14.7 Å². The number of carbonyl (C=O) groups excluding carboxylic acids is 1. The standard InChI is InChI=1S/C24H25F2N3O2/c1-15-21(16(2)29(27-15)23-11-6-18(25)12-22(23)26)13-24(30)28(19-7-8-19)14-17-4-9-20(31-3)10-5-17/h4-6,9-12,19H,7-8,13-14H2,1-3H3. The van der Waals surface area contributed by atoms with E-state index in [0.717, 1.165) is 35.8 Å². The highest BCUT2D eigenvalue weighted by Gasteiger charge is 2.33. The molecule has 4 rings (SSSR count). The van der Waals surface area contributed by atoms with Crippen LogP contribution >= 0.6 is 0 Å². The van der Waals surface area contributed by atoms with Crippen molar-refractivity contribution in [1.29, 1.82) is 0 Å². The van der Waals surface area contributed by atoms with Gasteiger partial charge < -0.3 is 9.64 Å². The monoisotopic (exact) mass is 425 g/mol. The predicted molar refractivity (Wildman–Crippen MR) is 113 cm³/mol. The number of hydrogen-bond acceptors (Lipinski definition) is 3. The predicted octanol–water partition coefficient (Wildman–Crippen LogP) is 4.51. The molecule has 1 aliphatic carbocycles. The zero-order chi connectivity index (χ0) is 22.1. The molecule has 1 aromatic heterocycles. The minimum atomic E-state index is -0.692. The van der Waals surface area contributed by atoms with Crippen LogP contribution in [0.25, 0.3) is 5.69 Å². The lowest BCUT2D eigenvalue weighted by atomic mass is 10.1. The lowest BCUT2D eigenvalue weighted by Gasteiger charge is -2.23. The fourth-order valence-electron chi connectivity index (χ4n) is 3.81. The Hall–Kier alpha value is -3.22. The molecule has 1 heterocycles. The molecule has 0 saturated heterocycles. The quantitative estimate of drug-likeness (QED) is 0.560. The van der Waals surface area contributed by atoms with E-state index in [1.807, 2.05) is 29.2 Å². The number of halogens is 2. The first kappa shape index (κ1) is 21.0. The van der Waals surface area contributed by atoms with E-state index in [0.29, 0.717) is 17.9 Å². The van der Waals surface area contributed by atoms with Gasteiger partial charge >= 0.3 is 0 Å². The van der Waals surface area contributed by atoms with Gasteiger partial charge in [0.05, 0.1) is 19.2 Å². The second-order valence-corrected chi connectivity index (χ2v) is 7.93. The van der Waals surface area contributed by atoms with E-state index in [1.54, 1.807) is 21.0 Å². The van der Waals surface area contributed by atoms with Crippen LogP contribution < -0.4 is 4.74 Å². The van der Waals surface area contributed by atoms with Gasteiger partial charge in [-0.25, -0.2) is 13.5 Å². The van der Waals surface area contributed by atoms with Gasteiger partial charge in [0.15, 0.2) is 5.82 Å². The molecule has 2 aromatic carbocycles. The molecule has 1 aliphatic rings. The molecular weight excluding hydrogens is 400 g/mol. The van der Waals surface area contributed by atoms with Crippen molar-refractivity contribution in [2.45, 2.75) is 45.7 Å². The average molecular weight is 425 g/mol. The lowest BCUT2D eigenvalue weighted by molar-refractivity contribution is -0.131. The molecular formula is C24H25F2N3O2. The zero-order valence-electron chi connectivity index (χ0n) is 17.9. The van der Waals surface area contributed by atoms with E-state index < -0.39 is 11.6 Å². The highest BCUT2D eigenvalue weighted by Crippen LogP contribution is 2.30. The molecule has 1 amide bonds. The Morgan fingerprint density at radius 2 is 1.87 bits per heavy atom. The highest BCUT2D eigenvalue weighted by molar-refractivity contribution is 5.80. The summed E-state index contributed by atoms with van der Waals surface area (Å²) in [6.45, 7) is 4.14. The maximum absolute atomic E-state index is 14.3. The van der Waals surface area contributed by atoms with Crippen molar-refractivity contribution in [3.8, 4) is 11.4 Å². The summed E-state index contributed by atoms with van der Waals surface area (Å²) in [6, 6.07) is 11.3. The third-order valence-electron chi connectivity index (χ3n) is 5.73. The molecule has 31 heavy (non-hydrogen) atoms. The second-order valence-electron chi connectivity index (χ2n) is 7.93. The summed E-state index contributed by atoms with van der Waals surface area (Å²) in [4.78, 5) is 15.1. The van der Waals surface area contributed by atoms with E-state index in [4.69, 9.17) is 4.74 Å². The fraction of sp³-hybridized carbons (Fsp3) is 0.333. The van der Waals surface area contributed by atoms with Gasteiger partial charge in [-0.1, -0.05) is 12.1 Å². The smallest absolute Gasteiger partial charge is 0.227 e. The molecule has 1 fully saturated rings. The first-order valence-corrected chi connectivity index (χ1v) is 10.3. The van der Waals surface area contributed by atoms with Gasteiger partial charge in [-0.05, 0) is 56.5 Å². The summed E-state index contributed by atoms with van der Waals surface area (Å²) in [5.74, 6) is -0.539. The number of carbonyl (C=O) groups is 1. The Morgan fingerprint density at radius 3 is 2.48 bits per heavy atom. The molecule has 0 aliphatic heterocycles. The minimum absolute atomic E-state index is 0.0173. The Balaban J connectivity index is 1.56. The molecule has 0 unspecified atom stereocenters. The minimum Gasteiger partial charge on any atom is -0.497 e. The average Bonchev–Trinajstić information content (AvgIpc) is 3.55. The summed E-state index contributed by atoms with van der Waals surface area (Å²) < 4.78 is 34.2. The van der Waals surface area contributed by atoms with Gasteiger partial charge in [-0.3, -0.25) is 4.79 Å². The van der Waals surface area contributed by atoms with Gasteiger partial charge in [0.25, 0.3) is 0 Å². The van der Waals surface area contributed by atoms with Crippen LogP contribution in [-0.4, -0.2) is 33.7 Å². The number of rotatable bonds is 7. The fourth-order valence-corrected chi connectivity index (χ4v) is 3.81. The summed E-state index contributed by atoms with van der Waals surface area (Å²) in [5.41, 5.74) is 3.32. The van der Waals surface area contributed by atoms with Crippen molar-refractivity contribution in [2.75, 3.05) is 7.11 Å². The molecule has 162 valence electrons. The maximum atomic E-state index is 14.3. The number of aromatic nitrogens is 2. The van der Waals surface area contributed by atoms with Gasteiger partial charge in [-0.2, -0.15) is 5.10 Å². The summed E-state index contributed by atoms with van der Waals surface area (Å²) in [7, 11) is 1.62. The third-order valence-corrected chi connectivity index (χ3v) is 5.73. The first-order valence-electron chi connectivity index (χ1n) is 10.3. The molecule has 3 aromatic rings. The first-order chi connectivity index (χ1) is 14.9. The number of benzene rings is 2. The second kappa shape index (κ2) is 8.49. The number of nitrogens with zero attached hydrogens (tertiary/aromatic N) is 3. The van der Waals surface area contributed by atoms with Crippen LogP contribution in [0.4, 0.5) is 8.78 Å². The van der Waals surface area contributed by atoms with Crippen molar-refractivity contribution < 1.29 is 18.3 Å². The molecule has 0 N–H and O–H groups in total. The Labute approximate surface area is 180 Å². The molecule has 0 bridgehead atoms. The molecule has 7 heteroatoms. The van der Waals surface area contributed by atoms with Crippen molar-refractivity contribution in [3.05, 3.63) is 76.6 Å². The van der Waals surface area contributed by atoms with Gasteiger partial charge in [0.2, 0.25) is 5.91 Å². The topological polar surface area (TPSA) is 47.4 Å². The normalized spacial score (nSPS) is 13.3. The molecule has 0 atom stereocenters. The number of amides is 1. The Kier molecular flexibility index (Phi) is 5.76. The summed E-state index contributed by atoms with van der Waals surface area (Å²) in [5, 5.41) is 4.42. The van der Waals surface area contributed by atoms with E-state index >= 15 is 0 Å². The van der Waals surface area contributed by atoms with Gasteiger partial charge in [-0.15, -0.1) is 0 Å². The molecule has 5 nitrogen and oxygen atoms in total. The van der Waals surface area contributed by atoms with E-state index in [9.17, 15) is 13.6 Å². The van der Waals surface area contributed by atoms with Crippen molar-refractivity contribution in [2.24, 2.45) is 0 Å². The zero-order valence-corrected chi connectivity index (χ0v) is 17.9. The van der Waals surface area contributed by atoms with Crippen molar-refractivity contribution in [3.63, 3.8) is 0 Å². The van der Waals surface area contributed by atoms with Crippen LogP contribution in [0.15, 0.2) is 42.5 Å². The van der Waals surface area contributed by atoms with Crippen LogP contribution in [0.3, 0.4) is 0 Å². The molecule has 1 saturated carbocycles. The third kappa shape index (κ3) is 4.45. The maximum Gasteiger partial charge on any atom is 0.227 e. The Morgan fingerprint density at radius 1 is 1.16 bits per heavy atom. The van der Waals surface area contributed by atoms with Crippen molar-refractivity contribution >= 4 is 5.91 Å². The van der Waals surface area contributed by atoms with Crippen LogP contribution in [0.2, 0.25) is 0 Å². The number of ether oxygens (including phenoxy) is 1. The summed E-state index contributed by atoms with van der Waals surface area (Å²) in [6.07, 6.45) is 2.19. The number of methoxy groups -OCH3 is 1.